The van der Waals surface area contributed by atoms with Crippen LogP contribution in [0.2, 0.25) is 0 Å². The Morgan fingerprint density at radius 1 is 1.45 bits per heavy atom. The third-order valence-electron chi connectivity index (χ3n) is 3.04. The van der Waals surface area contributed by atoms with Crippen molar-refractivity contribution in [2.45, 2.75) is 46.2 Å². The van der Waals surface area contributed by atoms with Gasteiger partial charge in [0.1, 0.15) is 11.8 Å². The Morgan fingerprint density at radius 2 is 2.15 bits per heavy atom. The van der Waals surface area contributed by atoms with Gasteiger partial charge in [-0.15, -0.1) is 0 Å². The number of nitrogens with one attached hydrogen (secondary N) is 1. The summed E-state index contributed by atoms with van der Waals surface area (Å²) in [5.74, 6) is -0.143. The van der Waals surface area contributed by atoms with Gasteiger partial charge in [0.25, 0.3) is 0 Å². The number of aromatic nitrogens is 1. The molecule has 0 fully saturated rings. The standard InChI is InChI=1S/C15H24N2O3/c1-15(2,3)6-5-13(14(18)19)17-9-11-7-12(20-4)10-16-8-11/h7-8,10,13,17H,5-6,9H2,1-4H3,(H,18,19). The molecule has 1 unspecified atom stereocenters. The highest BCUT2D eigenvalue weighted by Gasteiger charge is 2.20. The van der Waals surface area contributed by atoms with Gasteiger partial charge in [0.2, 0.25) is 0 Å². The fourth-order valence-electron chi connectivity index (χ4n) is 1.80. The predicted octanol–water partition coefficient (Wildman–Crippen LogP) is 2.46. The van der Waals surface area contributed by atoms with Gasteiger partial charge in [-0.25, -0.2) is 0 Å². The van der Waals surface area contributed by atoms with Crippen molar-refractivity contribution in [2.24, 2.45) is 5.41 Å². The minimum absolute atomic E-state index is 0.132. The van der Waals surface area contributed by atoms with Gasteiger partial charge in [0.05, 0.1) is 13.3 Å². The van der Waals surface area contributed by atoms with Gasteiger partial charge in [-0.05, 0) is 29.9 Å². The van der Waals surface area contributed by atoms with Crippen LogP contribution in [-0.4, -0.2) is 29.2 Å². The van der Waals surface area contributed by atoms with Gasteiger partial charge >= 0.3 is 5.97 Å². The van der Waals surface area contributed by atoms with E-state index in [2.05, 4.69) is 31.1 Å². The summed E-state index contributed by atoms with van der Waals surface area (Å²) in [5, 5.41) is 12.3. The molecule has 20 heavy (non-hydrogen) atoms. The van der Waals surface area contributed by atoms with Crippen LogP contribution in [0.15, 0.2) is 18.5 Å². The number of carbonyl (C=O) groups is 1. The number of rotatable bonds is 7. The number of pyridine rings is 1. The van der Waals surface area contributed by atoms with Crippen molar-refractivity contribution in [2.75, 3.05) is 7.11 Å². The first kappa shape index (κ1) is 16.4. The zero-order chi connectivity index (χ0) is 15.2. The van der Waals surface area contributed by atoms with E-state index in [1.54, 1.807) is 19.5 Å². The third-order valence-corrected chi connectivity index (χ3v) is 3.04. The molecule has 2 N–H and O–H groups in total. The molecular formula is C15H24N2O3. The maximum Gasteiger partial charge on any atom is 0.320 e. The molecule has 0 amide bonds. The van der Waals surface area contributed by atoms with Gasteiger partial charge < -0.3 is 15.2 Å². The molecule has 112 valence electrons. The zero-order valence-corrected chi connectivity index (χ0v) is 12.6. The number of carboxylic acid groups (broad SMARTS) is 1. The van der Waals surface area contributed by atoms with Crippen molar-refractivity contribution < 1.29 is 14.6 Å². The van der Waals surface area contributed by atoms with Crippen LogP contribution >= 0.6 is 0 Å². The number of aliphatic carboxylic acids is 1. The molecule has 5 heteroatoms. The molecule has 0 saturated carbocycles. The van der Waals surface area contributed by atoms with Crippen LogP contribution in [0.25, 0.3) is 0 Å². The Morgan fingerprint density at radius 3 is 2.70 bits per heavy atom. The summed E-state index contributed by atoms with van der Waals surface area (Å²) in [6, 6.07) is 1.31. The van der Waals surface area contributed by atoms with Crippen LogP contribution in [0.3, 0.4) is 0 Å². The fraction of sp³-hybridized carbons (Fsp3) is 0.600. The van der Waals surface area contributed by atoms with E-state index in [0.29, 0.717) is 18.7 Å². The second-order valence-electron chi connectivity index (χ2n) is 6.10. The smallest absolute Gasteiger partial charge is 0.320 e. The van der Waals surface area contributed by atoms with E-state index in [9.17, 15) is 9.90 Å². The Kier molecular flexibility index (Phi) is 5.95. The summed E-state index contributed by atoms with van der Waals surface area (Å²) in [6.45, 7) is 6.79. The predicted molar refractivity (Wildman–Crippen MR) is 77.7 cm³/mol. The average molecular weight is 280 g/mol. The number of methoxy groups -OCH3 is 1. The summed E-state index contributed by atoms with van der Waals surface area (Å²) < 4.78 is 5.09. The van der Waals surface area contributed by atoms with Gasteiger partial charge in [0, 0.05) is 12.7 Å². The Labute approximate surface area is 120 Å². The Balaban J connectivity index is 2.56. The Bertz CT molecular complexity index is 441. The molecule has 1 heterocycles. The molecule has 1 aromatic rings. The van der Waals surface area contributed by atoms with Crippen molar-refractivity contribution in [1.82, 2.24) is 10.3 Å². The van der Waals surface area contributed by atoms with E-state index in [-0.39, 0.29) is 5.41 Å². The van der Waals surface area contributed by atoms with E-state index >= 15 is 0 Å². The molecule has 1 atom stereocenters. The van der Waals surface area contributed by atoms with Crippen LogP contribution in [0, 0.1) is 5.41 Å². The lowest BCUT2D eigenvalue weighted by molar-refractivity contribution is -0.139. The van der Waals surface area contributed by atoms with Crippen LogP contribution in [0.5, 0.6) is 5.75 Å². The molecule has 1 rings (SSSR count). The summed E-state index contributed by atoms with van der Waals surface area (Å²) in [7, 11) is 1.58. The lowest BCUT2D eigenvalue weighted by atomic mass is 9.88. The number of nitrogens with zero attached hydrogens (tertiary/aromatic N) is 1. The maximum absolute atomic E-state index is 11.3. The largest absolute Gasteiger partial charge is 0.495 e. The van der Waals surface area contributed by atoms with Crippen molar-refractivity contribution in [3.8, 4) is 5.75 Å². The van der Waals surface area contributed by atoms with Crippen molar-refractivity contribution in [3.05, 3.63) is 24.0 Å². The van der Waals surface area contributed by atoms with Crippen LogP contribution in [-0.2, 0) is 11.3 Å². The topological polar surface area (TPSA) is 71.5 Å². The first-order valence-electron chi connectivity index (χ1n) is 6.76. The summed E-state index contributed by atoms with van der Waals surface area (Å²) in [4.78, 5) is 15.3. The highest BCUT2D eigenvalue weighted by atomic mass is 16.5. The monoisotopic (exact) mass is 280 g/mol. The summed E-state index contributed by atoms with van der Waals surface area (Å²) >= 11 is 0. The third kappa shape index (κ3) is 6.02. The molecule has 0 aromatic carbocycles. The van der Waals surface area contributed by atoms with Gasteiger partial charge in [-0.2, -0.15) is 0 Å². The minimum atomic E-state index is -0.815. The highest BCUT2D eigenvalue weighted by Crippen LogP contribution is 2.21. The van der Waals surface area contributed by atoms with Crippen LogP contribution in [0.1, 0.15) is 39.2 Å². The average Bonchev–Trinajstić information content (AvgIpc) is 2.37. The van der Waals surface area contributed by atoms with Crippen LogP contribution < -0.4 is 10.1 Å². The van der Waals surface area contributed by atoms with Gasteiger partial charge in [-0.1, -0.05) is 20.8 Å². The summed E-state index contributed by atoms with van der Waals surface area (Å²) in [6.07, 6.45) is 4.79. The SMILES string of the molecule is COc1cncc(CNC(CCC(C)(C)C)C(=O)O)c1. The first-order valence-corrected chi connectivity index (χ1v) is 6.76. The minimum Gasteiger partial charge on any atom is -0.495 e. The summed E-state index contributed by atoms with van der Waals surface area (Å²) in [5.41, 5.74) is 1.04. The van der Waals surface area contributed by atoms with Crippen molar-refractivity contribution in [3.63, 3.8) is 0 Å². The van der Waals surface area contributed by atoms with E-state index in [0.717, 1.165) is 12.0 Å². The lowest BCUT2D eigenvalue weighted by Gasteiger charge is -2.21. The normalized spacial score (nSPS) is 13.0. The second kappa shape index (κ2) is 7.24. The molecule has 1 aromatic heterocycles. The molecule has 0 aliphatic rings. The molecule has 5 nitrogen and oxygen atoms in total. The number of hydrogen-bond donors (Lipinski definition) is 2. The van der Waals surface area contributed by atoms with Gasteiger partial charge in [0.15, 0.2) is 0 Å². The van der Waals surface area contributed by atoms with E-state index in [4.69, 9.17) is 4.74 Å². The van der Waals surface area contributed by atoms with Gasteiger partial charge in [-0.3, -0.25) is 9.78 Å². The zero-order valence-electron chi connectivity index (χ0n) is 12.6. The molecular weight excluding hydrogens is 256 g/mol. The van der Waals surface area contributed by atoms with E-state index < -0.39 is 12.0 Å². The Hall–Kier alpha value is -1.62. The number of ether oxygens (including phenoxy) is 1. The first-order chi connectivity index (χ1) is 9.31. The molecule has 0 aliphatic heterocycles. The molecule has 0 radical (unpaired) electrons. The molecule has 0 bridgehead atoms. The van der Waals surface area contributed by atoms with E-state index in [1.807, 2.05) is 6.07 Å². The van der Waals surface area contributed by atoms with Crippen LogP contribution in [0.4, 0.5) is 0 Å². The number of hydrogen-bond acceptors (Lipinski definition) is 4. The maximum atomic E-state index is 11.3. The second-order valence-corrected chi connectivity index (χ2v) is 6.10. The molecule has 0 aliphatic carbocycles. The highest BCUT2D eigenvalue weighted by molar-refractivity contribution is 5.73. The van der Waals surface area contributed by atoms with Crippen molar-refractivity contribution >= 4 is 5.97 Å². The van der Waals surface area contributed by atoms with E-state index in [1.165, 1.54) is 0 Å². The number of carboxylic acids is 1. The lowest BCUT2D eigenvalue weighted by Crippen LogP contribution is -2.37. The van der Waals surface area contributed by atoms with Crippen molar-refractivity contribution in [1.29, 1.82) is 0 Å². The molecule has 0 saturated heterocycles. The fourth-order valence-corrected chi connectivity index (χ4v) is 1.80. The quantitative estimate of drug-likeness (QED) is 0.802. The molecule has 0 spiro atoms.